The summed E-state index contributed by atoms with van der Waals surface area (Å²) in [5, 5.41) is 17.3. The van der Waals surface area contributed by atoms with E-state index in [-0.39, 0.29) is 77.7 Å². The molecular weight excluding hydrogens is 771 g/mol. The van der Waals surface area contributed by atoms with Crippen LogP contribution < -0.4 is 15.8 Å². The Hall–Kier alpha value is -5.59. The maximum absolute atomic E-state index is 14.4. The number of benzene rings is 2. The molecule has 0 aliphatic carbocycles. The van der Waals surface area contributed by atoms with Gasteiger partial charge in [0, 0.05) is 64.9 Å². The molecule has 57 heavy (non-hydrogen) atoms. The molecule has 0 saturated carbocycles. The molecule has 0 unspecified atom stereocenters. The van der Waals surface area contributed by atoms with E-state index in [4.69, 9.17) is 26.1 Å². The Balaban J connectivity index is 1.25. The fourth-order valence-electron chi connectivity index (χ4n) is 7.32. The van der Waals surface area contributed by atoms with Gasteiger partial charge in [0.25, 0.3) is 11.5 Å². The van der Waals surface area contributed by atoms with E-state index in [2.05, 4.69) is 20.4 Å². The molecule has 3 aromatic heterocycles. The van der Waals surface area contributed by atoms with E-state index >= 15 is 0 Å². The van der Waals surface area contributed by atoms with Crippen LogP contribution in [0.3, 0.4) is 0 Å². The summed E-state index contributed by atoms with van der Waals surface area (Å²) in [6, 6.07) is 10.2. The Morgan fingerprint density at radius 3 is 2.39 bits per heavy atom. The molecule has 15 nitrogen and oxygen atoms in total. The lowest BCUT2D eigenvalue weighted by molar-refractivity contribution is -0.137. The van der Waals surface area contributed by atoms with Crippen molar-refractivity contribution in [2.45, 2.75) is 51.4 Å². The first-order chi connectivity index (χ1) is 27.2. The molecule has 2 fully saturated rings. The number of methoxy groups -OCH3 is 1. The van der Waals surface area contributed by atoms with Gasteiger partial charge in [0.1, 0.15) is 18.6 Å². The van der Waals surface area contributed by atoms with Crippen LogP contribution in [0.15, 0.2) is 53.6 Å². The molecule has 2 aliphatic heterocycles. The van der Waals surface area contributed by atoms with E-state index in [1.54, 1.807) is 18.6 Å². The molecule has 300 valence electrons. The van der Waals surface area contributed by atoms with Gasteiger partial charge in [0.2, 0.25) is 11.7 Å². The van der Waals surface area contributed by atoms with Crippen LogP contribution >= 0.6 is 11.6 Å². The van der Waals surface area contributed by atoms with E-state index < -0.39 is 41.3 Å². The van der Waals surface area contributed by atoms with Gasteiger partial charge in [0.05, 0.1) is 33.3 Å². The summed E-state index contributed by atoms with van der Waals surface area (Å²) in [5.41, 5.74) is 0.379. The van der Waals surface area contributed by atoms with Crippen molar-refractivity contribution >= 4 is 40.6 Å². The molecule has 2 aromatic carbocycles. The van der Waals surface area contributed by atoms with E-state index in [1.165, 1.54) is 11.2 Å². The van der Waals surface area contributed by atoms with Crippen molar-refractivity contribution in [1.82, 2.24) is 34.0 Å². The number of hydrogen-bond acceptors (Lipinski definition) is 11. The standard InChI is InChI=1S/C38H39ClF3N9O6/c1-4-28-31(48-13-15-49(16-14-48)34(54)30-32(53)22(2)43-21-44-30)35(55)51-36(50(28)20-29(52)45-27-10-9-25(19-26(27)39)38(40,41)42)46-33(47-51)23-5-7-24(8-6-23)37(56-3)11-17-57-18-12-37/h5-10,19,21,53H,4,11-18,20H2,1-3H3,(H,45,52). The van der Waals surface area contributed by atoms with Crippen LogP contribution in [0, 0.1) is 6.92 Å². The van der Waals surface area contributed by atoms with Crippen LogP contribution in [0.2, 0.25) is 5.02 Å². The third kappa shape index (κ3) is 7.63. The number of ether oxygens (including phenoxy) is 2. The number of nitrogens with one attached hydrogen (secondary N) is 1. The van der Waals surface area contributed by atoms with Crippen molar-refractivity contribution in [3.63, 3.8) is 0 Å². The number of piperazine rings is 1. The van der Waals surface area contributed by atoms with Gasteiger partial charge in [0.15, 0.2) is 17.3 Å². The first-order valence-corrected chi connectivity index (χ1v) is 18.6. The summed E-state index contributed by atoms with van der Waals surface area (Å²) in [7, 11) is 1.67. The van der Waals surface area contributed by atoms with Gasteiger partial charge in [-0.3, -0.25) is 14.4 Å². The smallest absolute Gasteiger partial charge is 0.416 e. The second-order valence-corrected chi connectivity index (χ2v) is 14.2. The fraction of sp³-hybridized carbons (Fsp3) is 0.395. The number of aromatic hydroxyl groups is 1. The predicted octanol–water partition coefficient (Wildman–Crippen LogP) is 4.85. The largest absolute Gasteiger partial charge is 0.504 e. The summed E-state index contributed by atoms with van der Waals surface area (Å²) >= 11 is 6.16. The number of aromatic nitrogens is 6. The van der Waals surface area contributed by atoms with Crippen LogP contribution in [0.4, 0.5) is 24.5 Å². The minimum Gasteiger partial charge on any atom is -0.504 e. The number of halogens is 4. The zero-order valence-electron chi connectivity index (χ0n) is 31.3. The molecule has 5 aromatic rings. The summed E-state index contributed by atoms with van der Waals surface area (Å²) < 4.78 is 54.1. The topological polar surface area (TPSA) is 169 Å². The van der Waals surface area contributed by atoms with E-state index in [0.717, 1.165) is 28.3 Å². The zero-order valence-corrected chi connectivity index (χ0v) is 32.0. The van der Waals surface area contributed by atoms with Gasteiger partial charge >= 0.3 is 6.18 Å². The highest BCUT2D eigenvalue weighted by Crippen LogP contribution is 2.37. The number of aryl methyl sites for hydroxylation is 1. The summed E-state index contributed by atoms with van der Waals surface area (Å²) in [6.45, 7) is 4.88. The Morgan fingerprint density at radius 1 is 1.05 bits per heavy atom. The molecule has 2 saturated heterocycles. The third-order valence-corrected chi connectivity index (χ3v) is 10.8. The first-order valence-electron chi connectivity index (χ1n) is 18.2. The van der Waals surface area contributed by atoms with Crippen LogP contribution in [0.5, 0.6) is 5.75 Å². The van der Waals surface area contributed by atoms with E-state index in [9.17, 15) is 32.7 Å². The lowest BCUT2D eigenvalue weighted by Gasteiger charge is -2.36. The number of anilines is 2. The molecule has 5 heterocycles. The number of alkyl halides is 3. The van der Waals surface area contributed by atoms with Crippen LogP contribution in [-0.2, 0) is 39.0 Å². The Kier molecular flexibility index (Phi) is 10.9. The summed E-state index contributed by atoms with van der Waals surface area (Å²) in [5.74, 6) is -1.16. The number of hydrogen-bond donors (Lipinski definition) is 2. The molecule has 0 bridgehead atoms. The number of carbonyl (C=O) groups is 2. The minimum absolute atomic E-state index is 0.0312. The van der Waals surface area contributed by atoms with Gasteiger partial charge in [-0.25, -0.2) is 9.97 Å². The first kappa shape index (κ1) is 39.6. The Morgan fingerprint density at radius 2 is 1.75 bits per heavy atom. The minimum atomic E-state index is -4.63. The second kappa shape index (κ2) is 15.7. The highest BCUT2D eigenvalue weighted by molar-refractivity contribution is 6.33. The van der Waals surface area contributed by atoms with Gasteiger partial charge in [-0.15, -0.1) is 5.10 Å². The van der Waals surface area contributed by atoms with Crippen molar-refractivity contribution in [2.75, 3.05) is 56.7 Å². The van der Waals surface area contributed by atoms with Gasteiger partial charge < -0.3 is 34.3 Å². The van der Waals surface area contributed by atoms with Crippen LogP contribution in [0.25, 0.3) is 17.2 Å². The number of fused-ring (bicyclic) bond motifs is 1. The average Bonchev–Trinajstić information content (AvgIpc) is 3.67. The Bertz CT molecular complexity index is 2390. The highest BCUT2D eigenvalue weighted by Gasteiger charge is 2.35. The molecule has 2 aliphatic rings. The zero-order chi connectivity index (χ0) is 40.6. The van der Waals surface area contributed by atoms with Gasteiger partial charge in [-0.1, -0.05) is 42.8 Å². The molecule has 0 atom stereocenters. The quantitative estimate of drug-likeness (QED) is 0.209. The number of nitrogens with zero attached hydrogens (tertiary/aromatic N) is 8. The molecule has 19 heteroatoms. The third-order valence-electron chi connectivity index (χ3n) is 10.5. The molecule has 2 N–H and O–H groups in total. The van der Waals surface area contributed by atoms with Crippen LogP contribution in [0.1, 0.15) is 52.8 Å². The summed E-state index contributed by atoms with van der Waals surface area (Å²) in [6.07, 6.45) is -1.79. The monoisotopic (exact) mass is 809 g/mol. The SMILES string of the molecule is CCc1c(N2CCN(C(=O)c3ncnc(C)c3O)CC2)c(=O)n2nc(-c3ccc(C4(OC)CCOCC4)cc3)nc2n1CC(=O)Nc1ccc(C(F)(F)F)cc1Cl. The molecule has 0 radical (unpaired) electrons. The fourth-order valence-corrected chi connectivity index (χ4v) is 7.55. The number of rotatable bonds is 9. The van der Waals surface area contributed by atoms with E-state index in [0.29, 0.717) is 37.3 Å². The van der Waals surface area contributed by atoms with Crippen LogP contribution in [-0.4, -0.2) is 97.5 Å². The maximum Gasteiger partial charge on any atom is 0.416 e. The summed E-state index contributed by atoms with van der Waals surface area (Å²) in [4.78, 5) is 57.4. The van der Waals surface area contributed by atoms with E-state index in [1.807, 2.05) is 36.1 Å². The predicted molar refractivity (Wildman–Crippen MR) is 202 cm³/mol. The van der Waals surface area contributed by atoms with Crippen molar-refractivity contribution in [2.24, 2.45) is 0 Å². The number of amides is 2. The Labute approximate surface area is 329 Å². The molecule has 2 amide bonds. The molecule has 7 rings (SSSR count). The van der Waals surface area contributed by atoms with Crippen molar-refractivity contribution < 1.29 is 37.3 Å². The maximum atomic E-state index is 14.4. The van der Waals surface area contributed by atoms with Crippen molar-refractivity contribution in [3.05, 3.63) is 92.4 Å². The van der Waals surface area contributed by atoms with Crippen molar-refractivity contribution in [3.8, 4) is 17.1 Å². The molecular formula is C38H39ClF3N9O6. The lowest BCUT2D eigenvalue weighted by Crippen LogP contribution is -2.51. The van der Waals surface area contributed by atoms with Crippen molar-refractivity contribution in [1.29, 1.82) is 0 Å². The van der Waals surface area contributed by atoms with Gasteiger partial charge in [-0.2, -0.15) is 22.7 Å². The normalized spacial score (nSPS) is 15.9. The lowest BCUT2D eigenvalue weighted by atomic mass is 9.86. The number of carbonyl (C=O) groups excluding carboxylic acids is 2. The average molecular weight is 810 g/mol. The molecule has 0 spiro atoms. The second-order valence-electron chi connectivity index (χ2n) is 13.8. The highest BCUT2D eigenvalue weighted by atomic mass is 35.5. The van der Waals surface area contributed by atoms with Gasteiger partial charge in [-0.05, 0) is 37.1 Å².